The summed E-state index contributed by atoms with van der Waals surface area (Å²) in [6.45, 7) is 2.14. The highest BCUT2D eigenvalue weighted by Gasteiger charge is 1.96. The van der Waals surface area contributed by atoms with Crippen molar-refractivity contribution in [3.63, 3.8) is 0 Å². The highest BCUT2D eigenvalue weighted by atomic mass is 32.2. The molecular formula is C10H12N2O2S. The minimum absolute atomic E-state index is 0.359. The van der Waals surface area contributed by atoms with Crippen molar-refractivity contribution in [2.45, 2.75) is 12.1 Å². The van der Waals surface area contributed by atoms with E-state index >= 15 is 0 Å². The van der Waals surface area contributed by atoms with Gasteiger partial charge in [0.2, 0.25) is 0 Å². The lowest BCUT2D eigenvalue weighted by Crippen LogP contribution is -1.99. The Hall–Kier alpha value is -1.36. The van der Waals surface area contributed by atoms with E-state index in [1.54, 1.807) is 25.3 Å². The largest absolute Gasteiger partial charge is 0.463 e. The zero-order valence-corrected chi connectivity index (χ0v) is 9.45. The Morgan fingerprint density at radius 1 is 1.67 bits per heavy atom. The number of hydrogen-bond donors (Lipinski definition) is 0. The maximum atomic E-state index is 11.0. The number of carbonyl (C=O) groups excluding carboxylic acids is 1. The molecule has 1 heterocycles. The molecule has 0 aromatic carbocycles. The summed E-state index contributed by atoms with van der Waals surface area (Å²) in [6.07, 6.45) is 6.52. The Balaban J connectivity index is 2.67. The quantitative estimate of drug-likeness (QED) is 0.338. The molecule has 80 valence electrons. The Morgan fingerprint density at radius 2 is 2.47 bits per heavy atom. The number of hydrogen-bond acceptors (Lipinski definition) is 5. The van der Waals surface area contributed by atoms with E-state index in [1.165, 1.54) is 17.8 Å². The molecule has 0 unspecified atom stereocenters. The van der Waals surface area contributed by atoms with Crippen molar-refractivity contribution in [3.8, 4) is 0 Å². The van der Waals surface area contributed by atoms with Gasteiger partial charge < -0.3 is 4.74 Å². The van der Waals surface area contributed by atoms with Crippen LogP contribution in [-0.2, 0) is 9.53 Å². The number of ether oxygens (including phenoxy) is 1. The van der Waals surface area contributed by atoms with Gasteiger partial charge in [-0.05, 0) is 25.3 Å². The normalized spacial score (nSPS) is 10.5. The van der Waals surface area contributed by atoms with Crippen LogP contribution in [0, 0.1) is 0 Å². The molecule has 0 N–H and O–H groups in total. The summed E-state index contributed by atoms with van der Waals surface area (Å²) in [5.41, 5.74) is 0.697. The van der Waals surface area contributed by atoms with E-state index < -0.39 is 0 Å². The van der Waals surface area contributed by atoms with E-state index in [9.17, 15) is 4.79 Å². The van der Waals surface area contributed by atoms with Gasteiger partial charge in [-0.3, -0.25) is 0 Å². The monoisotopic (exact) mass is 224 g/mol. The van der Waals surface area contributed by atoms with Gasteiger partial charge in [-0.1, -0.05) is 11.8 Å². The summed E-state index contributed by atoms with van der Waals surface area (Å²) in [4.78, 5) is 19.2. The third kappa shape index (κ3) is 4.12. The molecule has 4 nitrogen and oxygen atoms in total. The molecule has 15 heavy (non-hydrogen) atoms. The van der Waals surface area contributed by atoms with Crippen LogP contribution in [0.2, 0.25) is 0 Å². The fourth-order valence-corrected chi connectivity index (χ4v) is 1.25. The lowest BCUT2D eigenvalue weighted by Gasteiger charge is -1.96. The van der Waals surface area contributed by atoms with E-state index in [4.69, 9.17) is 4.74 Å². The van der Waals surface area contributed by atoms with Gasteiger partial charge in [0.25, 0.3) is 0 Å². The predicted octanol–water partition coefficient (Wildman–Crippen LogP) is 1.77. The standard InChI is InChI=1S/C10H12N2O2S/c1-3-14-9(13)5-4-8-6-7-11-10(12-8)15-2/h4-7H,3H2,1-2H3/b5-4+. The Bertz CT molecular complexity index is 366. The molecule has 1 rings (SSSR count). The first-order chi connectivity index (χ1) is 7.26. The van der Waals surface area contributed by atoms with Crippen LogP contribution in [0.15, 0.2) is 23.5 Å². The van der Waals surface area contributed by atoms with Crippen LogP contribution in [0.1, 0.15) is 12.6 Å². The zero-order chi connectivity index (χ0) is 11.1. The molecule has 0 bridgehead atoms. The second-order valence-electron chi connectivity index (χ2n) is 2.55. The van der Waals surface area contributed by atoms with Crippen molar-refractivity contribution in [2.75, 3.05) is 12.9 Å². The van der Waals surface area contributed by atoms with E-state index in [0.717, 1.165) is 0 Å². The zero-order valence-electron chi connectivity index (χ0n) is 8.64. The molecule has 0 radical (unpaired) electrons. The van der Waals surface area contributed by atoms with Crippen LogP contribution in [0.25, 0.3) is 6.08 Å². The number of thioether (sulfide) groups is 1. The highest BCUT2D eigenvalue weighted by molar-refractivity contribution is 7.98. The molecule has 0 saturated carbocycles. The molecule has 1 aromatic rings. The van der Waals surface area contributed by atoms with Crippen molar-refractivity contribution in [2.24, 2.45) is 0 Å². The van der Waals surface area contributed by atoms with Gasteiger partial charge >= 0.3 is 5.97 Å². The average Bonchev–Trinajstić information content (AvgIpc) is 2.27. The molecule has 1 aromatic heterocycles. The molecule has 0 atom stereocenters. The van der Waals surface area contributed by atoms with Crippen LogP contribution < -0.4 is 0 Å². The number of rotatable bonds is 4. The number of esters is 1. The van der Waals surface area contributed by atoms with Crippen molar-refractivity contribution >= 4 is 23.8 Å². The van der Waals surface area contributed by atoms with Crippen molar-refractivity contribution in [1.82, 2.24) is 9.97 Å². The van der Waals surface area contributed by atoms with Gasteiger partial charge in [-0.2, -0.15) is 0 Å². The second kappa shape index (κ2) is 6.19. The fourth-order valence-electron chi connectivity index (χ4n) is 0.889. The van der Waals surface area contributed by atoms with Crippen LogP contribution in [0.4, 0.5) is 0 Å². The van der Waals surface area contributed by atoms with E-state index in [1.807, 2.05) is 6.26 Å². The first-order valence-corrected chi connectivity index (χ1v) is 5.70. The maximum Gasteiger partial charge on any atom is 0.330 e. The molecular weight excluding hydrogens is 212 g/mol. The molecule has 0 aliphatic heterocycles. The molecule has 0 spiro atoms. The van der Waals surface area contributed by atoms with Crippen LogP contribution in [-0.4, -0.2) is 28.8 Å². The minimum Gasteiger partial charge on any atom is -0.463 e. The van der Waals surface area contributed by atoms with Gasteiger partial charge in [0.1, 0.15) is 0 Å². The molecule has 0 amide bonds. The van der Waals surface area contributed by atoms with E-state index in [2.05, 4.69) is 9.97 Å². The van der Waals surface area contributed by atoms with Crippen LogP contribution in [0.5, 0.6) is 0 Å². The predicted molar refractivity (Wildman–Crippen MR) is 59.5 cm³/mol. The van der Waals surface area contributed by atoms with Crippen molar-refractivity contribution < 1.29 is 9.53 Å². The Kier molecular flexibility index (Phi) is 4.83. The van der Waals surface area contributed by atoms with Gasteiger partial charge in [-0.15, -0.1) is 0 Å². The SMILES string of the molecule is CCOC(=O)/C=C/c1ccnc(SC)n1. The summed E-state index contributed by atoms with van der Waals surface area (Å²) in [7, 11) is 0. The summed E-state index contributed by atoms with van der Waals surface area (Å²) < 4.78 is 4.75. The highest BCUT2D eigenvalue weighted by Crippen LogP contribution is 2.08. The third-order valence-corrected chi connectivity index (χ3v) is 2.08. The van der Waals surface area contributed by atoms with E-state index in [0.29, 0.717) is 17.5 Å². The van der Waals surface area contributed by atoms with E-state index in [-0.39, 0.29) is 5.97 Å². The minimum atomic E-state index is -0.359. The summed E-state index contributed by atoms with van der Waals surface area (Å²) >= 11 is 1.46. The number of carbonyl (C=O) groups is 1. The Labute approximate surface area is 92.8 Å². The fraction of sp³-hybridized carbons (Fsp3) is 0.300. The summed E-state index contributed by atoms with van der Waals surface area (Å²) in [6, 6.07) is 1.73. The lowest BCUT2D eigenvalue weighted by atomic mass is 10.3. The third-order valence-electron chi connectivity index (χ3n) is 1.51. The number of aromatic nitrogens is 2. The number of nitrogens with zero attached hydrogens (tertiary/aromatic N) is 2. The van der Waals surface area contributed by atoms with Gasteiger partial charge in [0.05, 0.1) is 12.3 Å². The molecule has 0 fully saturated rings. The van der Waals surface area contributed by atoms with Gasteiger partial charge in [0.15, 0.2) is 5.16 Å². The smallest absolute Gasteiger partial charge is 0.330 e. The Morgan fingerprint density at radius 3 is 3.13 bits per heavy atom. The van der Waals surface area contributed by atoms with Crippen molar-refractivity contribution in [3.05, 3.63) is 24.0 Å². The summed E-state index contributed by atoms with van der Waals surface area (Å²) in [5, 5.41) is 0.681. The average molecular weight is 224 g/mol. The van der Waals surface area contributed by atoms with Crippen molar-refractivity contribution in [1.29, 1.82) is 0 Å². The summed E-state index contributed by atoms with van der Waals surface area (Å²) in [5.74, 6) is -0.359. The van der Waals surface area contributed by atoms with Gasteiger partial charge in [-0.25, -0.2) is 14.8 Å². The molecule has 5 heteroatoms. The van der Waals surface area contributed by atoms with Crippen LogP contribution >= 0.6 is 11.8 Å². The second-order valence-corrected chi connectivity index (χ2v) is 3.33. The lowest BCUT2D eigenvalue weighted by molar-refractivity contribution is -0.137. The first kappa shape index (κ1) is 11.7. The molecule has 0 aliphatic carbocycles. The van der Waals surface area contributed by atoms with Gasteiger partial charge in [0, 0.05) is 12.3 Å². The topological polar surface area (TPSA) is 52.1 Å². The van der Waals surface area contributed by atoms with Crippen LogP contribution in [0.3, 0.4) is 0 Å². The molecule has 0 aliphatic rings. The molecule has 0 saturated heterocycles. The first-order valence-electron chi connectivity index (χ1n) is 4.48. The maximum absolute atomic E-state index is 11.0.